The Morgan fingerprint density at radius 3 is 1.23 bits per heavy atom. The van der Waals surface area contributed by atoms with Crippen molar-refractivity contribution in [2.45, 2.75) is 168 Å². The molecule has 18 atom stereocenters. The zero-order chi connectivity index (χ0) is 87.1. The summed E-state index contributed by atoms with van der Waals surface area (Å²) in [5.41, 5.74) is 8.70. The Labute approximate surface area is 709 Å². The summed E-state index contributed by atoms with van der Waals surface area (Å²) in [5.74, 6) is 0.215. The largest absolute Gasteiger partial charge is 0.496 e. The van der Waals surface area contributed by atoms with Crippen molar-refractivity contribution in [2.24, 2.45) is 58.2 Å². The Balaban J connectivity index is 0.000000235. The van der Waals surface area contributed by atoms with Crippen LogP contribution in [0.1, 0.15) is 124 Å². The maximum Gasteiger partial charge on any atom is 0.323 e. The monoisotopic (exact) mass is 1650 g/mol. The molecule has 2 heterocycles. The number of carboxylic acids is 1. The first kappa shape index (κ1) is 91.7. The van der Waals surface area contributed by atoms with Crippen LogP contribution < -0.4 is 40.5 Å². The predicted molar refractivity (Wildman–Crippen MR) is 465 cm³/mol. The number of hydrogen-bond acceptors (Lipinski definition) is 20. The van der Waals surface area contributed by atoms with E-state index in [1.165, 1.54) is 17.7 Å². The van der Waals surface area contributed by atoms with Gasteiger partial charge in [-0.2, -0.15) is 10.1 Å². The summed E-state index contributed by atoms with van der Waals surface area (Å²) in [6.07, 6.45) is 1.94. The van der Waals surface area contributed by atoms with Crippen molar-refractivity contribution in [3.05, 3.63) is 167 Å². The molecule has 2 aliphatic heterocycles. The molecule has 6 saturated carbocycles. The van der Waals surface area contributed by atoms with E-state index in [1.807, 2.05) is 148 Å². The van der Waals surface area contributed by atoms with Gasteiger partial charge in [0.15, 0.2) is 0 Å². The smallest absolute Gasteiger partial charge is 0.323 e. The molecule has 120 heavy (non-hydrogen) atoms. The van der Waals surface area contributed by atoms with E-state index in [2.05, 4.69) is 79.8 Å². The number of hydroxylamine groups is 4. The van der Waals surface area contributed by atoms with Crippen LogP contribution >= 0.6 is 0 Å². The summed E-state index contributed by atoms with van der Waals surface area (Å²) < 4.78 is 12.2. The number of anilines is 2. The van der Waals surface area contributed by atoms with Gasteiger partial charge in [-0.25, -0.2) is 0 Å². The van der Waals surface area contributed by atoms with E-state index in [9.17, 15) is 54.3 Å². The molecule has 2 saturated heterocycles. The van der Waals surface area contributed by atoms with Crippen LogP contribution in [-0.2, 0) is 54.8 Å². The van der Waals surface area contributed by atoms with Gasteiger partial charge in [0.25, 0.3) is 11.8 Å². The van der Waals surface area contributed by atoms with Crippen molar-refractivity contribution in [2.75, 3.05) is 120 Å². The van der Waals surface area contributed by atoms with E-state index in [-0.39, 0.29) is 104 Å². The van der Waals surface area contributed by atoms with E-state index in [1.54, 1.807) is 82.4 Å². The van der Waals surface area contributed by atoms with Gasteiger partial charge in [-0.05, 0) is 186 Å². The number of aliphatic hydroxyl groups is 4. The molecule has 0 unspecified atom stereocenters. The molecule has 0 aromatic heterocycles. The fourth-order valence-corrected chi connectivity index (χ4v) is 20.2. The number of para-hydroxylation sites is 2. The third kappa shape index (κ3) is 20.8. The van der Waals surface area contributed by atoms with Crippen LogP contribution in [0.2, 0.25) is 0 Å². The first-order valence-electron chi connectivity index (χ1n) is 42.5. The lowest BCUT2D eigenvalue weighted by molar-refractivity contribution is -0.183. The van der Waals surface area contributed by atoms with Crippen LogP contribution in [0.15, 0.2) is 133 Å². The van der Waals surface area contributed by atoms with Gasteiger partial charge in [0.05, 0.1) is 59.3 Å². The van der Waals surface area contributed by atoms with Gasteiger partial charge in [-0.15, -0.1) is 0 Å². The summed E-state index contributed by atoms with van der Waals surface area (Å²) in [5, 5.41) is 68.9. The molecular weight excluding hydrogens is 1520 g/mol. The van der Waals surface area contributed by atoms with Crippen LogP contribution in [0.25, 0.3) is 22.3 Å². The predicted octanol–water partition coefficient (Wildman–Crippen LogP) is 8.90. The number of benzene rings is 6. The van der Waals surface area contributed by atoms with Crippen molar-refractivity contribution in [1.82, 2.24) is 46.1 Å². The van der Waals surface area contributed by atoms with Gasteiger partial charge in [0, 0.05) is 122 Å². The lowest BCUT2D eigenvalue weighted by atomic mass is 9.45. The summed E-state index contributed by atoms with van der Waals surface area (Å²) in [7, 11) is 17.9. The van der Waals surface area contributed by atoms with Crippen LogP contribution in [-0.4, -0.2) is 257 Å². The molecule has 4 bridgehead atoms. The van der Waals surface area contributed by atoms with Gasteiger partial charge in [-0.3, -0.25) is 38.4 Å². The molecule has 6 aliphatic carbocycles. The third-order valence-corrected chi connectivity index (χ3v) is 27.0. The fraction of sp³-hybridized carbons (Fsp3) is 0.553. The van der Waals surface area contributed by atoms with Crippen molar-refractivity contribution in [3.8, 4) is 33.8 Å². The first-order valence-corrected chi connectivity index (χ1v) is 42.5. The number of carbonyl (C=O) groups excluding carboxylic acids is 5. The van der Waals surface area contributed by atoms with Gasteiger partial charge in [0.1, 0.15) is 42.3 Å². The Morgan fingerprint density at radius 1 is 0.525 bits per heavy atom. The second-order valence-electron chi connectivity index (χ2n) is 36.6. The van der Waals surface area contributed by atoms with Crippen LogP contribution in [0.3, 0.4) is 0 Å². The summed E-state index contributed by atoms with van der Waals surface area (Å²) in [6, 6.07) is 40.0. The van der Waals surface area contributed by atoms with Gasteiger partial charge in [0.2, 0.25) is 17.7 Å². The highest BCUT2D eigenvalue weighted by molar-refractivity contribution is 5.99. The van der Waals surface area contributed by atoms with E-state index in [0.717, 1.165) is 24.0 Å². The average Bonchev–Trinajstić information content (AvgIpc) is 0.831. The first-order chi connectivity index (χ1) is 56.9. The maximum absolute atomic E-state index is 14.4. The lowest BCUT2D eigenvalue weighted by Crippen LogP contribution is -2.62. The van der Waals surface area contributed by atoms with E-state index < -0.39 is 54.3 Å². The van der Waals surface area contributed by atoms with Crippen molar-refractivity contribution < 1.29 is 73.4 Å². The number of aliphatic carboxylic acids is 1. The molecule has 9 N–H and O–H groups in total. The van der Waals surface area contributed by atoms with Crippen molar-refractivity contribution in [3.63, 3.8) is 0 Å². The zero-order valence-electron chi connectivity index (χ0n) is 73.4. The van der Waals surface area contributed by atoms with Crippen molar-refractivity contribution in [1.29, 1.82) is 0 Å². The molecule has 6 aromatic rings. The van der Waals surface area contributed by atoms with Crippen LogP contribution in [0.5, 0.6) is 11.5 Å². The highest BCUT2D eigenvalue weighted by atomic mass is 16.7. The van der Waals surface area contributed by atoms with Crippen molar-refractivity contribution >= 4 is 46.9 Å². The number of rotatable bonds is 34. The number of fused-ring (bicyclic) bond motifs is 4. The maximum atomic E-state index is 14.4. The quantitative estimate of drug-likeness (QED) is 0.0182. The molecule has 6 aromatic carbocycles. The molecule has 0 spiro atoms. The molecule has 26 heteroatoms. The van der Waals surface area contributed by atoms with Gasteiger partial charge in [-0.1, -0.05) is 139 Å². The van der Waals surface area contributed by atoms with Crippen LogP contribution in [0, 0.1) is 58.2 Å². The minimum Gasteiger partial charge on any atom is -0.496 e. The molecular formula is C94H131N11O15. The highest BCUT2D eigenvalue weighted by Gasteiger charge is 2.59. The third-order valence-electron chi connectivity index (χ3n) is 27.0. The zero-order valence-corrected chi connectivity index (χ0v) is 73.4. The van der Waals surface area contributed by atoms with E-state index in [4.69, 9.17) is 19.1 Å². The molecule has 26 nitrogen and oxygen atoms in total. The Bertz CT molecular complexity index is 4530. The molecule has 14 rings (SSSR count). The summed E-state index contributed by atoms with van der Waals surface area (Å²) >= 11 is 0. The Kier molecular flexibility index (Phi) is 30.1. The summed E-state index contributed by atoms with van der Waals surface area (Å²) in [4.78, 5) is 103. The topological polar surface area (TPSA) is 311 Å². The average molecular weight is 1660 g/mol. The second-order valence-corrected chi connectivity index (χ2v) is 36.6. The van der Waals surface area contributed by atoms with Gasteiger partial charge < -0.3 is 80.8 Å². The minimum atomic E-state index is -1.02. The molecule has 652 valence electrons. The number of amides is 5. The molecule has 8 aliphatic rings. The number of nitrogens with zero attached hydrogens (tertiary/aromatic N) is 7. The minimum absolute atomic E-state index is 0.00348. The number of likely N-dealkylation sites (N-methyl/N-ethyl adjacent to an activating group) is 5. The highest BCUT2D eigenvalue weighted by Crippen LogP contribution is 2.62. The van der Waals surface area contributed by atoms with Crippen LogP contribution in [0.4, 0.5) is 11.4 Å². The number of ether oxygens (including phenoxy) is 2. The number of carbonyl (C=O) groups is 6. The summed E-state index contributed by atoms with van der Waals surface area (Å²) in [6.45, 7) is 17.5. The lowest BCUT2D eigenvalue weighted by Gasteiger charge is -2.62. The Morgan fingerprint density at radius 2 is 0.908 bits per heavy atom. The molecule has 8 fully saturated rings. The number of methoxy groups -OCH3 is 2. The molecule has 5 amide bonds. The standard InChI is InChI=1S/C48H68N6O7.C46H63N5O8/c1-29-39-23-35(48(39,3)4)24-40(29)50-47(59)44-43(30(2)56)41(28-55)61-54(44)25-32-17-14-18-38(45(32)60-10)33-20-34(22-37(21-33)53(9)27-42(57)52(7)8)46(58)49-36(26-51(5)6)19-31-15-12-11-13-16-31;1-27-37-21-33(46(37,3)4)22-38(27)48-45(57)42-41(28(2)53)39(26-52)59-51(42)23-30-15-12-16-36(43(30)58-8)31-18-32(20-35(19-31)50(7)25-40(54)55)44(56)47-34(24-49(5)6)17-29-13-10-9-11-14-29/h11-18,20-22,29-30,35-36,39-41,43-44,55-56H,19,23-28H2,1-10H3,(H,49,58)(H,50,59);9-16,18-20,27-28,33-34,37-39,41-42,52-53H,17,21-26H2,1-8H3,(H,47,56)(H,48,57)(H,54,55)/t29-,30-,35+,36-,39-,40-,41-,43+,44-;27-,28-,33+,34-,37-,38-,39-,41+,42-/m00/s1. The second kappa shape index (κ2) is 39.4. The van der Waals surface area contributed by atoms with E-state index in [0.29, 0.717) is 129 Å². The number of carboxylic acid groups (broad SMARTS) is 1. The Hall–Kier alpha value is -9.06. The number of hydrogen-bond donors (Lipinski definition) is 9. The molecule has 0 radical (unpaired) electrons. The van der Waals surface area contributed by atoms with E-state index >= 15 is 0 Å². The SMILES string of the molecule is COc1c(CN2O[C@@H](CO)[C@@H]([C@H](C)O)[C@H]2C(=O)N[C@H]2C[C@H]3C[C@@H]([C@@H]2C)C3(C)C)cccc1-c1cc(C(=O)N[C@@H](Cc2ccccc2)CN(C)C)cc(N(C)CC(=O)N(C)C)c1.COc1c(CN2O[C@@H](CO)[C@@H]([C@H](C)O)[C@H]2C(=O)N[C@H]2C[C@H]3C[C@@H]([C@@H]2C)C3(C)C)cccc1-c1cc(C(=O)N[C@@H](Cc2ccccc2)CN(C)C)cc(N(C)CC(=O)O)c1. The fourth-order valence-electron chi connectivity index (χ4n) is 20.2. The number of nitrogens with one attached hydrogen (secondary N) is 4. The normalized spacial score (nSPS) is 25.5. The van der Waals surface area contributed by atoms with Gasteiger partial charge >= 0.3 is 5.97 Å². The number of aliphatic hydroxyl groups excluding tert-OH is 4.